The molecule has 1 aliphatic rings. The molecule has 0 spiro atoms. The smallest absolute Gasteiger partial charge is 0.161 e. The third kappa shape index (κ3) is 4.11. The van der Waals surface area contributed by atoms with Gasteiger partial charge in [0.15, 0.2) is 11.5 Å². The second kappa shape index (κ2) is 7.36. The van der Waals surface area contributed by atoms with E-state index in [9.17, 15) is 0 Å². The molecule has 1 heterocycles. The van der Waals surface area contributed by atoms with E-state index in [2.05, 4.69) is 0 Å². The molecule has 1 aromatic carbocycles. The Balaban J connectivity index is 2.02. The summed E-state index contributed by atoms with van der Waals surface area (Å²) in [5.41, 5.74) is 1.16. The minimum absolute atomic E-state index is 0.211. The van der Waals surface area contributed by atoms with Crippen LogP contribution in [0, 0.1) is 0 Å². The van der Waals surface area contributed by atoms with Crippen molar-refractivity contribution in [3.05, 3.63) is 23.8 Å². The van der Waals surface area contributed by atoms with E-state index in [1.165, 1.54) is 0 Å². The Labute approximate surface area is 114 Å². The monoisotopic (exact) mass is 266 g/mol. The maximum absolute atomic E-state index is 8.86. The first kappa shape index (κ1) is 14.2. The highest BCUT2D eigenvalue weighted by Gasteiger charge is 2.17. The summed E-state index contributed by atoms with van der Waals surface area (Å²) in [6.45, 7) is 1.74. The van der Waals surface area contributed by atoms with Crippen molar-refractivity contribution >= 4 is 0 Å². The van der Waals surface area contributed by atoms with Crippen molar-refractivity contribution in [2.24, 2.45) is 0 Å². The zero-order chi connectivity index (χ0) is 13.5. The van der Waals surface area contributed by atoms with Crippen molar-refractivity contribution in [3.8, 4) is 11.5 Å². The fourth-order valence-corrected chi connectivity index (χ4v) is 2.22. The lowest BCUT2D eigenvalue weighted by molar-refractivity contribution is 0.0245. The van der Waals surface area contributed by atoms with Crippen LogP contribution >= 0.6 is 0 Å². The van der Waals surface area contributed by atoms with Crippen molar-refractivity contribution in [1.29, 1.82) is 0 Å². The van der Waals surface area contributed by atoms with Gasteiger partial charge in [0.1, 0.15) is 6.10 Å². The number of ether oxygens (including phenoxy) is 3. The fraction of sp³-hybridized carbons (Fsp3) is 0.600. The first-order chi connectivity index (χ1) is 9.33. The molecule has 1 aromatic rings. The van der Waals surface area contributed by atoms with Gasteiger partial charge in [0.25, 0.3) is 0 Å². The van der Waals surface area contributed by atoms with E-state index in [1.807, 2.05) is 18.2 Å². The van der Waals surface area contributed by atoms with Gasteiger partial charge in [-0.1, -0.05) is 6.07 Å². The van der Waals surface area contributed by atoms with Crippen molar-refractivity contribution < 1.29 is 19.3 Å². The molecule has 0 unspecified atom stereocenters. The van der Waals surface area contributed by atoms with Crippen molar-refractivity contribution in [2.45, 2.75) is 31.8 Å². The van der Waals surface area contributed by atoms with E-state index in [0.717, 1.165) is 56.0 Å². The highest BCUT2D eigenvalue weighted by Crippen LogP contribution is 2.30. The van der Waals surface area contributed by atoms with Crippen molar-refractivity contribution in [2.75, 3.05) is 26.9 Å². The zero-order valence-corrected chi connectivity index (χ0v) is 11.4. The van der Waals surface area contributed by atoms with Crippen LogP contribution in [0.25, 0.3) is 0 Å². The third-order valence-electron chi connectivity index (χ3n) is 3.31. The number of rotatable bonds is 6. The van der Waals surface area contributed by atoms with Crippen LogP contribution in [-0.4, -0.2) is 38.1 Å². The van der Waals surface area contributed by atoms with E-state index < -0.39 is 0 Å². The molecule has 19 heavy (non-hydrogen) atoms. The molecule has 0 aliphatic carbocycles. The highest BCUT2D eigenvalue weighted by molar-refractivity contribution is 5.43. The van der Waals surface area contributed by atoms with Gasteiger partial charge in [-0.05, 0) is 30.5 Å². The van der Waals surface area contributed by atoms with Gasteiger partial charge in [-0.25, -0.2) is 0 Å². The van der Waals surface area contributed by atoms with Crippen LogP contribution in [0.5, 0.6) is 11.5 Å². The maximum Gasteiger partial charge on any atom is 0.161 e. The van der Waals surface area contributed by atoms with Crippen molar-refractivity contribution in [3.63, 3.8) is 0 Å². The SMILES string of the molecule is COc1cc(CCCO)ccc1OC1CCOCC1. The van der Waals surface area contributed by atoms with Gasteiger partial charge >= 0.3 is 0 Å². The lowest BCUT2D eigenvalue weighted by Crippen LogP contribution is -2.26. The Morgan fingerprint density at radius 2 is 2.05 bits per heavy atom. The van der Waals surface area contributed by atoms with E-state index in [1.54, 1.807) is 7.11 Å². The summed E-state index contributed by atoms with van der Waals surface area (Å²) in [5.74, 6) is 1.56. The summed E-state index contributed by atoms with van der Waals surface area (Å²) in [4.78, 5) is 0. The fourth-order valence-electron chi connectivity index (χ4n) is 2.22. The first-order valence-corrected chi connectivity index (χ1v) is 6.85. The van der Waals surface area contributed by atoms with Crippen molar-refractivity contribution in [1.82, 2.24) is 0 Å². The largest absolute Gasteiger partial charge is 0.493 e. The minimum atomic E-state index is 0.211. The Kier molecular flexibility index (Phi) is 5.48. The number of hydrogen-bond donors (Lipinski definition) is 1. The molecule has 0 radical (unpaired) electrons. The third-order valence-corrected chi connectivity index (χ3v) is 3.31. The average Bonchev–Trinajstić information content (AvgIpc) is 2.47. The summed E-state index contributed by atoms with van der Waals surface area (Å²) in [6, 6.07) is 5.98. The topological polar surface area (TPSA) is 47.9 Å². The summed E-state index contributed by atoms with van der Waals surface area (Å²) in [6.07, 6.45) is 3.68. The zero-order valence-electron chi connectivity index (χ0n) is 11.4. The van der Waals surface area contributed by atoms with E-state index in [4.69, 9.17) is 19.3 Å². The van der Waals surface area contributed by atoms with Gasteiger partial charge in [0.2, 0.25) is 0 Å². The Morgan fingerprint density at radius 1 is 1.26 bits per heavy atom. The molecule has 1 N–H and O–H groups in total. The van der Waals surface area contributed by atoms with Crippen LogP contribution in [0.2, 0.25) is 0 Å². The number of methoxy groups -OCH3 is 1. The molecular weight excluding hydrogens is 244 g/mol. The lowest BCUT2D eigenvalue weighted by Gasteiger charge is -2.24. The molecule has 2 rings (SSSR count). The van der Waals surface area contributed by atoms with Gasteiger partial charge in [-0.3, -0.25) is 0 Å². The van der Waals surface area contributed by atoms with Crippen LogP contribution in [0.1, 0.15) is 24.8 Å². The van der Waals surface area contributed by atoms with Gasteiger partial charge < -0.3 is 19.3 Å². The van der Waals surface area contributed by atoms with Crippen LogP contribution in [0.15, 0.2) is 18.2 Å². The molecule has 1 aliphatic heterocycles. The second-order valence-electron chi connectivity index (χ2n) is 4.74. The van der Waals surface area contributed by atoms with Gasteiger partial charge in [0.05, 0.1) is 20.3 Å². The van der Waals surface area contributed by atoms with Gasteiger partial charge in [-0.15, -0.1) is 0 Å². The predicted octanol–water partition coefficient (Wildman–Crippen LogP) is 2.18. The normalized spacial score (nSPS) is 16.3. The maximum atomic E-state index is 8.86. The standard InChI is InChI=1S/C15H22O4/c1-17-15-11-12(3-2-8-16)4-5-14(15)19-13-6-9-18-10-7-13/h4-5,11,13,16H,2-3,6-10H2,1H3. The molecule has 0 aromatic heterocycles. The minimum Gasteiger partial charge on any atom is -0.493 e. The molecular formula is C15H22O4. The number of hydrogen-bond acceptors (Lipinski definition) is 4. The van der Waals surface area contributed by atoms with E-state index in [0.29, 0.717) is 0 Å². The van der Waals surface area contributed by atoms with E-state index in [-0.39, 0.29) is 12.7 Å². The molecule has 106 valence electrons. The summed E-state index contributed by atoms with van der Waals surface area (Å²) in [7, 11) is 1.65. The molecule has 1 fully saturated rings. The van der Waals surface area contributed by atoms with Gasteiger partial charge in [0, 0.05) is 19.4 Å². The molecule has 0 atom stereocenters. The number of aliphatic hydroxyl groups excluding tert-OH is 1. The summed E-state index contributed by atoms with van der Waals surface area (Å²) >= 11 is 0. The van der Waals surface area contributed by atoms with E-state index >= 15 is 0 Å². The molecule has 4 heteroatoms. The molecule has 0 amide bonds. The van der Waals surface area contributed by atoms with Gasteiger partial charge in [-0.2, -0.15) is 0 Å². The number of aliphatic hydroxyl groups is 1. The molecule has 0 bridgehead atoms. The summed E-state index contributed by atoms with van der Waals surface area (Å²) in [5, 5.41) is 8.86. The molecule has 4 nitrogen and oxygen atoms in total. The van der Waals surface area contributed by atoms with Crippen LogP contribution in [0.4, 0.5) is 0 Å². The van der Waals surface area contributed by atoms with Crippen LogP contribution in [-0.2, 0) is 11.2 Å². The highest BCUT2D eigenvalue weighted by atomic mass is 16.5. The molecule has 1 saturated heterocycles. The van der Waals surface area contributed by atoms with Crippen LogP contribution in [0.3, 0.4) is 0 Å². The van der Waals surface area contributed by atoms with Crippen LogP contribution < -0.4 is 9.47 Å². The average molecular weight is 266 g/mol. The Morgan fingerprint density at radius 3 is 2.74 bits per heavy atom. The second-order valence-corrected chi connectivity index (χ2v) is 4.74. The lowest BCUT2D eigenvalue weighted by atomic mass is 10.1. The Hall–Kier alpha value is -1.26. The predicted molar refractivity (Wildman–Crippen MR) is 72.9 cm³/mol. The summed E-state index contributed by atoms with van der Waals surface area (Å²) < 4.78 is 16.7. The quantitative estimate of drug-likeness (QED) is 0.857. The first-order valence-electron chi connectivity index (χ1n) is 6.85. The Bertz CT molecular complexity index is 386. The number of aryl methyl sites for hydroxylation is 1. The number of benzene rings is 1. The molecule has 0 saturated carbocycles.